The van der Waals surface area contributed by atoms with Gasteiger partial charge in [-0.25, -0.2) is 0 Å². The summed E-state index contributed by atoms with van der Waals surface area (Å²) in [5.74, 6) is -0.870. The van der Waals surface area contributed by atoms with E-state index in [1.165, 1.54) is 12.5 Å². The number of benzene rings is 2. The second-order valence-corrected chi connectivity index (χ2v) is 7.05. The Morgan fingerprint density at radius 2 is 1.72 bits per heavy atom. The quantitative estimate of drug-likeness (QED) is 0.716. The van der Waals surface area contributed by atoms with Crippen molar-refractivity contribution in [3.63, 3.8) is 0 Å². The Kier molecular flexibility index (Phi) is 6.87. The Morgan fingerprint density at radius 1 is 1.00 bits per heavy atom. The summed E-state index contributed by atoms with van der Waals surface area (Å²) in [6.45, 7) is 2.51. The molecule has 2 N–H and O–H groups in total. The third-order valence-corrected chi connectivity index (χ3v) is 4.73. The molecule has 1 atom stereocenters. The summed E-state index contributed by atoms with van der Waals surface area (Å²) in [5, 5.41) is 19.9. The number of aliphatic hydroxyl groups is 1. The number of halogens is 3. The number of hydrogen-bond acceptors (Lipinski definition) is 5. The molecular weight excluding hydrogens is 387 g/mol. The van der Waals surface area contributed by atoms with Crippen molar-refractivity contribution in [1.82, 2.24) is 4.90 Å². The zero-order valence-corrected chi connectivity index (χ0v) is 15.9. The van der Waals surface area contributed by atoms with Gasteiger partial charge in [-0.1, -0.05) is 30.7 Å². The number of para-hydroxylation sites is 1. The maximum Gasteiger partial charge on any atom is 0.573 e. The van der Waals surface area contributed by atoms with Crippen LogP contribution in [0, 0.1) is 0 Å². The number of aliphatic hydroxyl groups excluding tert-OH is 1. The average molecular weight is 411 g/mol. The maximum atomic E-state index is 12.5. The molecule has 3 rings (SSSR count). The Bertz CT molecular complexity index is 807. The van der Waals surface area contributed by atoms with Gasteiger partial charge < -0.3 is 24.6 Å². The highest BCUT2D eigenvalue weighted by atomic mass is 19.4. The van der Waals surface area contributed by atoms with Crippen LogP contribution in [-0.2, 0) is 0 Å². The van der Waals surface area contributed by atoms with Gasteiger partial charge in [-0.3, -0.25) is 0 Å². The van der Waals surface area contributed by atoms with E-state index < -0.39 is 24.0 Å². The Labute approximate surface area is 167 Å². The summed E-state index contributed by atoms with van der Waals surface area (Å²) >= 11 is 0. The van der Waals surface area contributed by atoms with Crippen molar-refractivity contribution in [2.24, 2.45) is 0 Å². The summed E-state index contributed by atoms with van der Waals surface area (Å²) in [5.41, 5.74) is 0.924. The van der Waals surface area contributed by atoms with E-state index in [9.17, 15) is 23.4 Å². The molecule has 29 heavy (non-hydrogen) atoms. The first-order chi connectivity index (χ1) is 13.8. The number of β-amino-alcohol motifs (C(OH)–C–C–N with tert-alkyl or cyclic N) is 1. The van der Waals surface area contributed by atoms with Crippen LogP contribution in [-0.4, -0.2) is 53.8 Å². The van der Waals surface area contributed by atoms with Gasteiger partial charge in [0.05, 0.1) is 0 Å². The number of piperidine rings is 1. The number of phenolic OH excluding ortho intramolecular Hbond substituents is 1. The molecule has 0 radical (unpaired) electrons. The summed E-state index contributed by atoms with van der Waals surface area (Å²) in [6, 6.07) is 10.6. The third kappa shape index (κ3) is 6.27. The van der Waals surface area contributed by atoms with Crippen molar-refractivity contribution in [3.05, 3.63) is 42.5 Å². The van der Waals surface area contributed by atoms with Crippen LogP contribution in [0.2, 0.25) is 0 Å². The van der Waals surface area contributed by atoms with Crippen LogP contribution in [0.1, 0.15) is 19.3 Å². The third-order valence-electron chi connectivity index (χ3n) is 4.73. The molecule has 1 aliphatic rings. The fraction of sp³-hybridized carbons (Fsp3) is 0.429. The lowest BCUT2D eigenvalue weighted by molar-refractivity contribution is -0.275. The standard InChI is InChI=1S/C21H24F3NO4/c22-21(23,24)29-20-12-15(8-9-18(20)27)17-6-2-3-7-19(17)28-14-16(26)13-25-10-4-1-5-11-25/h2-3,6-9,12,16,26-27H,1,4-5,10-11,13-14H2. The highest BCUT2D eigenvalue weighted by Crippen LogP contribution is 2.38. The van der Waals surface area contributed by atoms with Gasteiger partial charge in [0.25, 0.3) is 0 Å². The number of rotatable bonds is 7. The summed E-state index contributed by atoms with van der Waals surface area (Å²) < 4.78 is 47.3. The number of nitrogens with zero attached hydrogens (tertiary/aromatic N) is 1. The largest absolute Gasteiger partial charge is 0.573 e. The van der Waals surface area contributed by atoms with E-state index in [-0.39, 0.29) is 6.61 Å². The fourth-order valence-electron chi connectivity index (χ4n) is 3.40. The highest BCUT2D eigenvalue weighted by molar-refractivity contribution is 5.72. The smallest absolute Gasteiger partial charge is 0.504 e. The molecule has 0 amide bonds. The van der Waals surface area contributed by atoms with Gasteiger partial charge >= 0.3 is 6.36 Å². The highest BCUT2D eigenvalue weighted by Gasteiger charge is 2.32. The van der Waals surface area contributed by atoms with E-state index >= 15 is 0 Å². The van der Waals surface area contributed by atoms with Gasteiger partial charge in [-0.05, 0) is 49.7 Å². The summed E-state index contributed by atoms with van der Waals surface area (Å²) in [7, 11) is 0. The van der Waals surface area contributed by atoms with Gasteiger partial charge in [0.1, 0.15) is 18.5 Å². The minimum absolute atomic E-state index is 0.0670. The fourth-order valence-corrected chi connectivity index (χ4v) is 3.40. The zero-order valence-electron chi connectivity index (χ0n) is 15.9. The minimum atomic E-state index is -4.91. The number of alkyl halides is 3. The van der Waals surface area contributed by atoms with Crippen molar-refractivity contribution in [1.29, 1.82) is 0 Å². The van der Waals surface area contributed by atoms with Gasteiger partial charge in [0.15, 0.2) is 11.5 Å². The molecule has 0 spiro atoms. The first-order valence-electron chi connectivity index (χ1n) is 9.53. The average Bonchev–Trinajstić information content (AvgIpc) is 2.68. The number of aromatic hydroxyl groups is 1. The van der Waals surface area contributed by atoms with E-state index in [1.807, 2.05) is 0 Å². The molecule has 2 aromatic carbocycles. The van der Waals surface area contributed by atoms with Crippen LogP contribution >= 0.6 is 0 Å². The number of ether oxygens (including phenoxy) is 2. The van der Waals surface area contributed by atoms with E-state index in [0.717, 1.165) is 38.1 Å². The molecule has 0 aliphatic carbocycles. The van der Waals surface area contributed by atoms with Crippen molar-refractivity contribution >= 4 is 0 Å². The number of likely N-dealkylation sites (tertiary alicyclic amines) is 1. The van der Waals surface area contributed by atoms with Gasteiger partial charge in [0, 0.05) is 12.1 Å². The van der Waals surface area contributed by atoms with Crippen LogP contribution in [0.3, 0.4) is 0 Å². The molecular formula is C21H24F3NO4. The summed E-state index contributed by atoms with van der Waals surface area (Å²) in [4.78, 5) is 2.20. The van der Waals surface area contributed by atoms with Crippen molar-refractivity contribution in [2.45, 2.75) is 31.7 Å². The van der Waals surface area contributed by atoms with E-state index in [2.05, 4.69) is 9.64 Å². The lowest BCUT2D eigenvalue weighted by Crippen LogP contribution is -2.38. The van der Waals surface area contributed by atoms with Gasteiger partial charge in [-0.2, -0.15) is 0 Å². The molecule has 2 aromatic rings. The molecule has 0 aromatic heterocycles. The van der Waals surface area contributed by atoms with Crippen LogP contribution in [0.15, 0.2) is 42.5 Å². The molecule has 1 unspecified atom stereocenters. The molecule has 0 saturated carbocycles. The van der Waals surface area contributed by atoms with Crippen LogP contribution in [0.4, 0.5) is 13.2 Å². The van der Waals surface area contributed by atoms with E-state index in [1.54, 1.807) is 24.3 Å². The lowest BCUT2D eigenvalue weighted by Gasteiger charge is -2.28. The molecule has 1 aliphatic heterocycles. The molecule has 158 valence electrons. The van der Waals surface area contributed by atoms with Gasteiger partial charge in [0.2, 0.25) is 0 Å². The van der Waals surface area contributed by atoms with Crippen LogP contribution < -0.4 is 9.47 Å². The van der Waals surface area contributed by atoms with Gasteiger partial charge in [-0.15, -0.1) is 13.2 Å². The Balaban J connectivity index is 1.71. The zero-order chi connectivity index (χ0) is 20.9. The predicted molar refractivity (Wildman–Crippen MR) is 102 cm³/mol. The van der Waals surface area contributed by atoms with E-state index in [0.29, 0.717) is 23.4 Å². The molecule has 5 nitrogen and oxygen atoms in total. The Morgan fingerprint density at radius 3 is 2.45 bits per heavy atom. The van der Waals surface area contributed by atoms with E-state index in [4.69, 9.17) is 4.74 Å². The van der Waals surface area contributed by atoms with Crippen LogP contribution in [0.5, 0.6) is 17.2 Å². The second kappa shape index (κ2) is 9.37. The normalized spacial score (nSPS) is 16.4. The molecule has 1 saturated heterocycles. The SMILES string of the molecule is Oc1ccc(-c2ccccc2OCC(O)CN2CCCCC2)cc1OC(F)(F)F. The number of phenols is 1. The molecule has 8 heteroatoms. The molecule has 1 fully saturated rings. The van der Waals surface area contributed by atoms with Crippen molar-refractivity contribution < 1.29 is 32.9 Å². The summed E-state index contributed by atoms with van der Waals surface area (Å²) in [6.07, 6.45) is -2.13. The first kappa shape index (κ1) is 21.3. The second-order valence-electron chi connectivity index (χ2n) is 7.05. The first-order valence-corrected chi connectivity index (χ1v) is 9.53. The minimum Gasteiger partial charge on any atom is -0.504 e. The maximum absolute atomic E-state index is 12.5. The predicted octanol–water partition coefficient (Wildman–Crippen LogP) is 4.18. The van der Waals surface area contributed by atoms with Crippen LogP contribution in [0.25, 0.3) is 11.1 Å². The monoisotopic (exact) mass is 411 g/mol. The Hall–Kier alpha value is -2.45. The molecule has 1 heterocycles. The lowest BCUT2D eigenvalue weighted by atomic mass is 10.0. The number of hydrogen-bond donors (Lipinski definition) is 2. The van der Waals surface area contributed by atoms with Crippen molar-refractivity contribution in [2.75, 3.05) is 26.2 Å². The topological polar surface area (TPSA) is 62.2 Å². The molecule has 0 bridgehead atoms. The van der Waals surface area contributed by atoms with Crippen molar-refractivity contribution in [3.8, 4) is 28.4 Å².